The second-order valence-electron chi connectivity index (χ2n) is 4.62. The molecule has 0 aliphatic heterocycles. The van der Waals surface area contributed by atoms with Gasteiger partial charge in [0.25, 0.3) is 5.91 Å². The Kier molecular flexibility index (Phi) is 4.53. The van der Waals surface area contributed by atoms with Crippen LogP contribution in [0.2, 0.25) is 0 Å². The Morgan fingerprint density at radius 3 is 2.68 bits per heavy atom. The molecule has 1 amide bonds. The van der Waals surface area contributed by atoms with Crippen molar-refractivity contribution in [2.24, 2.45) is 0 Å². The van der Waals surface area contributed by atoms with Crippen molar-refractivity contribution in [1.82, 2.24) is 5.32 Å². The highest BCUT2D eigenvalue weighted by Gasteiger charge is 2.13. The van der Waals surface area contributed by atoms with Gasteiger partial charge in [-0.1, -0.05) is 43.3 Å². The molecular formula is C16H19NO2. The van der Waals surface area contributed by atoms with E-state index in [1.54, 1.807) is 0 Å². The van der Waals surface area contributed by atoms with Gasteiger partial charge in [0.1, 0.15) is 0 Å². The van der Waals surface area contributed by atoms with Gasteiger partial charge < -0.3 is 10.4 Å². The highest BCUT2D eigenvalue weighted by atomic mass is 16.3. The molecule has 0 spiro atoms. The summed E-state index contributed by atoms with van der Waals surface area (Å²) in [6.45, 7) is 2.10. The SMILES string of the molecule is CCC(CCO)NC(=O)c1cccc2ccccc12. The van der Waals surface area contributed by atoms with E-state index in [2.05, 4.69) is 5.32 Å². The molecular weight excluding hydrogens is 238 g/mol. The highest BCUT2D eigenvalue weighted by molar-refractivity contribution is 6.07. The first kappa shape index (κ1) is 13.6. The summed E-state index contributed by atoms with van der Waals surface area (Å²) in [5.74, 6) is -0.0721. The summed E-state index contributed by atoms with van der Waals surface area (Å²) in [6, 6.07) is 13.6. The van der Waals surface area contributed by atoms with E-state index in [0.29, 0.717) is 12.0 Å². The van der Waals surface area contributed by atoms with E-state index in [9.17, 15) is 4.79 Å². The molecule has 2 aromatic rings. The smallest absolute Gasteiger partial charge is 0.252 e. The zero-order valence-corrected chi connectivity index (χ0v) is 11.1. The van der Waals surface area contributed by atoms with Crippen LogP contribution in [0, 0.1) is 0 Å². The Balaban J connectivity index is 2.26. The summed E-state index contributed by atoms with van der Waals surface area (Å²) in [5, 5.41) is 14.0. The van der Waals surface area contributed by atoms with Crippen LogP contribution in [0.15, 0.2) is 42.5 Å². The average Bonchev–Trinajstić information content (AvgIpc) is 2.46. The number of hydrogen-bond donors (Lipinski definition) is 2. The molecule has 2 aromatic carbocycles. The van der Waals surface area contributed by atoms with Gasteiger partial charge >= 0.3 is 0 Å². The van der Waals surface area contributed by atoms with Crippen LogP contribution in [0.1, 0.15) is 30.1 Å². The van der Waals surface area contributed by atoms with Gasteiger partial charge in [-0.05, 0) is 29.7 Å². The largest absolute Gasteiger partial charge is 0.396 e. The van der Waals surface area contributed by atoms with Crippen molar-refractivity contribution >= 4 is 16.7 Å². The van der Waals surface area contributed by atoms with Gasteiger partial charge in [0.05, 0.1) is 0 Å². The maximum atomic E-state index is 12.3. The molecule has 19 heavy (non-hydrogen) atoms. The molecule has 0 saturated carbocycles. The summed E-state index contributed by atoms with van der Waals surface area (Å²) in [4.78, 5) is 12.3. The lowest BCUT2D eigenvalue weighted by atomic mass is 10.0. The van der Waals surface area contributed by atoms with Crippen molar-refractivity contribution in [3.63, 3.8) is 0 Å². The van der Waals surface area contributed by atoms with Gasteiger partial charge in [-0.15, -0.1) is 0 Å². The number of nitrogens with one attached hydrogen (secondary N) is 1. The van der Waals surface area contributed by atoms with Crippen LogP contribution in [0.5, 0.6) is 0 Å². The predicted molar refractivity (Wildman–Crippen MR) is 77.2 cm³/mol. The monoisotopic (exact) mass is 257 g/mol. The Labute approximate surface area is 113 Å². The van der Waals surface area contributed by atoms with E-state index < -0.39 is 0 Å². The molecule has 0 radical (unpaired) electrons. The van der Waals surface area contributed by atoms with Crippen molar-refractivity contribution in [1.29, 1.82) is 0 Å². The van der Waals surface area contributed by atoms with E-state index in [1.165, 1.54) is 0 Å². The molecule has 0 aliphatic carbocycles. The molecule has 100 valence electrons. The first-order chi connectivity index (χ1) is 9.26. The molecule has 1 atom stereocenters. The van der Waals surface area contributed by atoms with E-state index >= 15 is 0 Å². The second kappa shape index (κ2) is 6.34. The number of hydrogen-bond acceptors (Lipinski definition) is 2. The van der Waals surface area contributed by atoms with E-state index in [4.69, 9.17) is 5.11 Å². The Morgan fingerprint density at radius 2 is 1.95 bits per heavy atom. The topological polar surface area (TPSA) is 49.3 Å². The van der Waals surface area contributed by atoms with Gasteiger partial charge in [-0.3, -0.25) is 4.79 Å². The minimum absolute atomic E-state index is 0.0245. The number of rotatable bonds is 5. The van der Waals surface area contributed by atoms with E-state index in [-0.39, 0.29) is 18.6 Å². The van der Waals surface area contributed by atoms with Crippen molar-refractivity contribution in [3.05, 3.63) is 48.0 Å². The molecule has 1 unspecified atom stereocenters. The summed E-state index contributed by atoms with van der Waals surface area (Å²) in [6.07, 6.45) is 1.41. The van der Waals surface area contributed by atoms with E-state index in [1.807, 2.05) is 49.4 Å². The van der Waals surface area contributed by atoms with Crippen molar-refractivity contribution < 1.29 is 9.90 Å². The van der Waals surface area contributed by atoms with Gasteiger partial charge in [0.2, 0.25) is 0 Å². The highest BCUT2D eigenvalue weighted by Crippen LogP contribution is 2.18. The van der Waals surface area contributed by atoms with Crippen LogP contribution in [0.4, 0.5) is 0 Å². The van der Waals surface area contributed by atoms with Gasteiger partial charge in [-0.25, -0.2) is 0 Å². The van der Waals surface area contributed by atoms with E-state index in [0.717, 1.165) is 17.2 Å². The van der Waals surface area contributed by atoms with Crippen molar-refractivity contribution in [2.45, 2.75) is 25.8 Å². The average molecular weight is 257 g/mol. The number of carbonyl (C=O) groups is 1. The first-order valence-corrected chi connectivity index (χ1v) is 6.65. The Morgan fingerprint density at radius 1 is 1.21 bits per heavy atom. The molecule has 3 nitrogen and oxygen atoms in total. The maximum absolute atomic E-state index is 12.3. The summed E-state index contributed by atoms with van der Waals surface area (Å²) in [7, 11) is 0. The number of amides is 1. The normalized spacial score (nSPS) is 12.3. The lowest BCUT2D eigenvalue weighted by Gasteiger charge is -2.16. The fourth-order valence-electron chi connectivity index (χ4n) is 2.22. The number of aliphatic hydroxyl groups excluding tert-OH is 1. The predicted octanol–water partition coefficient (Wildman–Crippen LogP) is 2.73. The van der Waals surface area contributed by atoms with Crippen LogP contribution in [0.25, 0.3) is 10.8 Å². The minimum atomic E-state index is -0.0721. The Hall–Kier alpha value is -1.87. The quantitative estimate of drug-likeness (QED) is 0.865. The standard InChI is InChI=1S/C16H19NO2/c1-2-13(10-11-18)17-16(19)15-9-5-7-12-6-3-4-8-14(12)15/h3-9,13,18H,2,10-11H2,1H3,(H,17,19). The third-order valence-corrected chi connectivity index (χ3v) is 3.34. The number of benzene rings is 2. The van der Waals surface area contributed by atoms with Crippen LogP contribution >= 0.6 is 0 Å². The number of aliphatic hydroxyl groups is 1. The van der Waals surface area contributed by atoms with Crippen LogP contribution in [-0.2, 0) is 0 Å². The fraction of sp³-hybridized carbons (Fsp3) is 0.312. The van der Waals surface area contributed by atoms with Crippen molar-refractivity contribution in [3.8, 4) is 0 Å². The fourth-order valence-corrected chi connectivity index (χ4v) is 2.22. The summed E-state index contributed by atoms with van der Waals surface area (Å²) in [5.41, 5.74) is 0.689. The third-order valence-electron chi connectivity index (χ3n) is 3.34. The first-order valence-electron chi connectivity index (χ1n) is 6.65. The van der Waals surface area contributed by atoms with Crippen molar-refractivity contribution in [2.75, 3.05) is 6.61 Å². The second-order valence-corrected chi connectivity index (χ2v) is 4.62. The van der Waals surface area contributed by atoms with Gasteiger partial charge in [-0.2, -0.15) is 0 Å². The molecule has 0 aliphatic rings. The molecule has 3 heteroatoms. The lowest BCUT2D eigenvalue weighted by molar-refractivity contribution is 0.0931. The number of fused-ring (bicyclic) bond motifs is 1. The molecule has 2 N–H and O–H groups in total. The van der Waals surface area contributed by atoms with Crippen LogP contribution in [0.3, 0.4) is 0 Å². The lowest BCUT2D eigenvalue weighted by Crippen LogP contribution is -2.35. The maximum Gasteiger partial charge on any atom is 0.252 e. The Bertz CT molecular complexity index is 560. The molecule has 0 heterocycles. The summed E-state index contributed by atoms with van der Waals surface area (Å²) >= 11 is 0. The molecule has 2 rings (SSSR count). The van der Waals surface area contributed by atoms with Gasteiger partial charge in [0.15, 0.2) is 0 Å². The molecule has 0 bridgehead atoms. The molecule has 0 aromatic heterocycles. The zero-order chi connectivity index (χ0) is 13.7. The van der Waals surface area contributed by atoms with Crippen LogP contribution < -0.4 is 5.32 Å². The molecule has 0 fully saturated rings. The third kappa shape index (κ3) is 3.12. The molecule has 0 saturated heterocycles. The van der Waals surface area contributed by atoms with Crippen LogP contribution in [-0.4, -0.2) is 23.7 Å². The minimum Gasteiger partial charge on any atom is -0.396 e. The number of carbonyl (C=O) groups excluding carboxylic acids is 1. The zero-order valence-electron chi connectivity index (χ0n) is 11.1. The van der Waals surface area contributed by atoms with Gasteiger partial charge in [0, 0.05) is 18.2 Å². The summed E-state index contributed by atoms with van der Waals surface area (Å²) < 4.78 is 0.